The fourth-order valence-corrected chi connectivity index (χ4v) is 3.36. The summed E-state index contributed by atoms with van der Waals surface area (Å²) in [4.78, 5) is 2.16. The van der Waals surface area contributed by atoms with E-state index in [4.69, 9.17) is 0 Å². The van der Waals surface area contributed by atoms with Crippen LogP contribution < -0.4 is 0 Å². The zero-order valence-corrected chi connectivity index (χ0v) is 19.1. The molecule has 0 aromatic heterocycles. The van der Waals surface area contributed by atoms with Crippen LogP contribution in [0.15, 0.2) is 110 Å². The van der Waals surface area contributed by atoms with Crippen LogP contribution in [0.4, 0.5) is 0 Å². The van der Waals surface area contributed by atoms with Crippen molar-refractivity contribution < 1.29 is 31.1 Å². The van der Waals surface area contributed by atoms with Crippen LogP contribution in [0.1, 0.15) is 23.6 Å². The zero-order chi connectivity index (χ0) is 17.5. The van der Waals surface area contributed by atoms with Crippen molar-refractivity contribution in [1.29, 1.82) is 0 Å². The van der Waals surface area contributed by atoms with Crippen LogP contribution in [0, 0.1) is 37.2 Å². The molecule has 0 atom stereocenters. The van der Waals surface area contributed by atoms with E-state index in [1.54, 1.807) is 0 Å². The largest absolute Gasteiger partial charge is 0.339 e. The molecule has 3 aromatic rings. The molecule has 0 saturated carbocycles. The fraction of sp³-hybridized carbons (Fsp3) is 0.0833. The van der Waals surface area contributed by atoms with Crippen LogP contribution in [-0.2, 0) is 5.54 Å². The van der Waals surface area contributed by atoms with Crippen molar-refractivity contribution in [2.75, 3.05) is 0 Å². The first-order valence-corrected chi connectivity index (χ1v) is 8.46. The molecule has 0 saturated heterocycles. The molecule has 0 heterocycles. The maximum atomic E-state index is 4.08. The second-order valence-electron chi connectivity index (χ2n) is 5.79. The molecule has 0 aliphatic carbocycles. The van der Waals surface area contributed by atoms with Crippen molar-refractivity contribution in [1.82, 2.24) is 4.90 Å². The third-order valence-corrected chi connectivity index (χ3v) is 4.38. The summed E-state index contributed by atoms with van der Waals surface area (Å²) in [7, 11) is 0. The van der Waals surface area contributed by atoms with Crippen LogP contribution >= 0.6 is 0 Å². The molecule has 0 N–H and O–H groups in total. The van der Waals surface area contributed by atoms with Crippen molar-refractivity contribution in [2.24, 2.45) is 0 Å². The molecule has 3 aromatic carbocycles. The van der Waals surface area contributed by atoms with Gasteiger partial charge in [-0.05, 0) is 24.3 Å². The molecule has 0 radical (unpaired) electrons. The van der Waals surface area contributed by atoms with Gasteiger partial charge in [0.15, 0.2) is 0 Å². The molecule has 1 nitrogen and oxygen atoms in total. The van der Waals surface area contributed by atoms with E-state index in [-0.39, 0.29) is 31.1 Å². The molecule has 0 amide bonds. The quantitative estimate of drug-likeness (QED) is 0.273. The molecule has 0 fully saturated rings. The molecule has 3 rings (SSSR count). The maximum Gasteiger partial charge on any atom is 0.0974 e. The van der Waals surface area contributed by atoms with E-state index in [2.05, 4.69) is 84.4 Å². The standard InChI is InChI=1S/C24H22N.U/c1-3-20-25(4-2)24(21-14-8-5-9-15-21,22-16-10-6-11-17-22)23-18-12-7-13-19-23;/h3-18,20H,2H2,1H3;/q-1;/b20-3-;. The van der Waals surface area contributed by atoms with Gasteiger partial charge in [-0.2, -0.15) is 30.3 Å². The first kappa shape index (κ1) is 20.3. The number of hydrogen-bond acceptors (Lipinski definition) is 1. The van der Waals surface area contributed by atoms with Crippen LogP contribution in [0.3, 0.4) is 0 Å². The summed E-state index contributed by atoms with van der Waals surface area (Å²) in [5, 5.41) is 0. The first-order chi connectivity index (χ1) is 12.3. The average molecular weight is 562 g/mol. The van der Waals surface area contributed by atoms with Crippen LogP contribution in [-0.4, -0.2) is 4.90 Å². The van der Waals surface area contributed by atoms with Gasteiger partial charge in [-0.15, -0.1) is 5.56 Å². The smallest absolute Gasteiger partial charge is 0.0974 e. The Morgan fingerprint density at radius 2 is 1.38 bits per heavy atom. The normalized spacial score (nSPS) is 11.0. The molecule has 0 aliphatic rings. The summed E-state index contributed by atoms with van der Waals surface area (Å²) in [6.07, 6.45) is 5.97. The van der Waals surface area contributed by atoms with Gasteiger partial charge in [0.1, 0.15) is 0 Å². The Morgan fingerprint density at radius 1 is 0.846 bits per heavy atom. The Morgan fingerprint density at radius 3 is 1.81 bits per heavy atom. The SMILES string of the molecule is C=CN(/C=C\C)C(c1[c-]cccc1)(c1ccccc1)c1ccccc1.[U]. The second kappa shape index (κ2) is 9.62. The van der Waals surface area contributed by atoms with Gasteiger partial charge >= 0.3 is 0 Å². The minimum atomic E-state index is -0.530. The summed E-state index contributed by atoms with van der Waals surface area (Å²) in [5.74, 6) is 0. The Bertz CT molecular complexity index is 729. The van der Waals surface area contributed by atoms with Gasteiger partial charge in [0.2, 0.25) is 0 Å². The van der Waals surface area contributed by atoms with Crippen molar-refractivity contribution >= 4 is 0 Å². The Hall–Kier alpha value is -2.01. The van der Waals surface area contributed by atoms with E-state index in [0.29, 0.717) is 0 Å². The first-order valence-electron chi connectivity index (χ1n) is 8.46. The number of benzene rings is 3. The third-order valence-electron chi connectivity index (χ3n) is 4.38. The van der Waals surface area contributed by atoms with Crippen LogP contribution in [0.2, 0.25) is 0 Å². The summed E-state index contributed by atoms with van der Waals surface area (Å²) in [6, 6.07) is 32.6. The van der Waals surface area contributed by atoms with Crippen LogP contribution in [0.5, 0.6) is 0 Å². The van der Waals surface area contributed by atoms with E-state index < -0.39 is 5.54 Å². The van der Waals surface area contributed by atoms with Gasteiger partial charge in [0, 0.05) is 37.3 Å². The minimum Gasteiger partial charge on any atom is -0.339 e. The van der Waals surface area contributed by atoms with Crippen molar-refractivity contribution in [3.63, 3.8) is 0 Å². The Kier molecular flexibility index (Phi) is 7.52. The van der Waals surface area contributed by atoms with E-state index in [0.717, 1.165) is 5.56 Å². The molecule has 128 valence electrons. The van der Waals surface area contributed by atoms with Crippen molar-refractivity contribution in [3.05, 3.63) is 133 Å². The van der Waals surface area contributed by atoms with Gasteiger partial charge in [-0.1, -0.05) is 73.3 Å². The molecule has 0 spiro atoms. The number of allylic oxidation sites excluding steroid dienone is 1. The number of hydrogen-bond donors (Lipinski definition) is 0. The summed E-state index contributed by atoms with van der Waals surface area (Å²) < 4.78 is 0. The monoisotopic (exact) mass is 562 g/mol. The van der Waals surface area contributed by atoms with Gasteiger partial charge in [0.25, 0.3) is 0 Å². The van der Waals surface area contributed by atoms with E-state index >= 15 is 0 Å². The van der Waals surface area contributed by atoms with Gasteiger partial charge in [-0.25, -0.2) is 0 Å². The van der Waals surface area contributed by atoms with Gasteiger partial charge < -0.3 is 4.90 Å². The van der Waals surface area contributed by atoms with Crippen molar-refractivity contribution in [2.45, 2.75) is 12.5 Å². The fourth-order valence-electron chi connectivity index (χ4n) is 3.36. The predicted octanol–water partition coefficient (Wildman–Crippen LogP) is 5.76. The third kappa shape index (κ3) is 3.73. The van der Waals surface area contributed by atoms with E-state index in [1.807, 2.05) is 43.5 Å². The summed E-state index contributed by atoms with van der Waals surface area (Å²) in [6.45, 7) is 6.10. The minimum absolute atomic E-state index is 0. The number of nitrogens with zero attached hydrogens (tertiary/aromatic N) is 1. The van der Waals surface area contributed by atoms with E-state index in [9.17, 15) is 0 Å². The summed E-state index contributed by atoms with van der Waals surface area (Å²) >= 11 is 0. The van der Waals surface area contributed by atoms with Crippen molar-refractivity contribution in [3.8, 4) is 0 Å². The van der Waals surface area contributed by atoms with Crippen LogP contribution in [0.25, 0.3) is 0 Å². The molecule has 0 unspecified atom stereocenters. The maximum absolute atomic E-state index is 4.08. The molecule has 26 heavy (non-hydrogen) atoms. The molecule has 0 aliphatic heterocycles. The van der Waals surface area contributed by atoms with Gasteiger partial charge in [0.05, 0.1) is 5.54 Å². The molecule has 0 bridgehead atoms. The van der Waals surface area contributed by atoms with Gasteiger partial charge in [-0.3, -0.25) is 0 Å². The number of rotatable bonds is 6. The predicted molar refractivity (Wildman–Crippen MR) is 105 cm³/mol. The molecular formula is C24H22NU-. The average Bonchev–Trinajstić information content (AvgIpc) is 2.70. The molecular weight excluding hydrogens is 540 g/mol. The Labute approximate surface area is 180 Å². The Balaban J connectivity index is 0.00000243. The molecule has 2 heteroatoms. The zero-order valence-electron chi connectivity index (χ0n) is 15.0. The topological polar surface area (TPSA) is 3.24 Å². The van der Waals surface area contributed by atoms with E-state index in [1.165, 1.54) is 11.1 Å². The second-order valence-corrected chi connectivity index (χ2v) is 5.79. The summed E-state index contributed by atoms with van der Waals surface area (Å²) in [5.41, 5.74) is 2.88.